The van der Waals surface area contributed by atoms with Crippen LogP contribution >= 0.6 is 0 Å². The Balaban J connectivity index is 1.92. The van der Waals surface area contributed by atoms with Crippen molar-refractivity contribution < 1.29 is 25.0 Å². The fraction of sp³-hybridized carbons (Fsp3) is 0.810. The van der Waals surface area contributed by atoms with Gasteiger partial charge in [-0.3, -0.25) is 4.79 Å². The Labute approximate surface area is 162 Å². The highest BCUT2D eigenvalue weighted by Gasteiger charge is 2.46. The summed E-state index contributed by atoms with van der Waals surface area (Å²) in [6, 6.07) is 0. The number of hydrogen-bond acceptors (Lipinski definition) is 5. The van der Waals surface area contributed by atoms with Crippen LogP contribution in [0.2, 0.25) is 0 Å². The molecular formula is C21H35NO5. The molecule has 2 fully saturated rings. The van der Waals surface area contributed by atoms with Gasteiger partial charge in [0.05, 0.1) is 24.3 Å². The summed E-state index contributed by atoms with van der Waals surface area (Å²) >= 11 is 0. The third-order valence-corrected chi connectivity index (χ3v) is 6.15. The Bertz CT molecular complexity index is 557. The van der Waals surface area contributed by atoms with Crippen molar-refractivity contribution in [3.8, 4) is 0 Å². The predicted molar refractivity (Wildman–Crippen MR) is 104 cm³/mol. The van der Waals surface area contributed by atoms with E-state index in [9.17, 15) is 15.0 Å². The maximum atomic E-state index is 10.6. The number of carboxylic acid groups (broad SMARTS) is 1. The molecule has 2 rings (SSSR count). The van der Waals surface area contributed by atoms with Crippen molar-refractivity contribution in [3.63, 3.8) is 0 Å². The van der Waals surface area contributed by atoms with Gasteiger partial charge in [-0.05, 0) is 42.9 Å². The molecule has 0 aromatic rings. The third-order valence-electron chi connectivity index (χ3n) is 6.15. The molecule has 1 unspecified atom stereocenters. The monoisotopic (exact) mass is 381 g/mol. The van der Waals surface area contributed by atoms with Crippen LogP contribution in [0.1, 0.15) is 65.7 Å². The average molecular weight is 382 g/mol. The molecule has 0 aromatic heterocycles. The lowest BCUT2D eigenvalue weighted by Gasteiger charge is -2.29. The first-order valence-electron chi connectivity index (χ1n) is 10.2. The lowest BCUT2D eigenvalue weighted by Crippen LogP contribution is -2.28. The lowest BCUT2D eigenvalue weighted by atomic mass is 9.80. The fourth-order valence-corrected chi connectivity index (χ4v) is 4.33. The van der Waals surface area contributed by atoms with E-state index in [0.29, 0.717) is 11.8 Å². The number of aliphatic hydroxyl groups is 2. The Kier molecular flexibility index (Phi) is 7.86. The SMILES string of the molecule is CCCCC(C)(C)C(O)C=C[C@H]1[C@@H]2CC(=NOCCC(=O)O)C[C@H]2C[C@@H]1O. The van der Waals surface area contributed by atoms with Crippen LogP contribution < -0.4 is 0 Å². The van der Waals surface area contributed by atoms with Crippen molar-refractivity contribution in [2.75, 3.05) is 6.61 Å². The van der Waals surface area contributed by atoms with Crippen LogP contribution in [0.25, 0.3) is 0 Å². The summed E-state index contributed by atoms with van der Waals surface area (Å²) in [5.41, 5.74) is 0.778. The summed E-state index contributed by atoms with van der Waals surface area (Å²) in [4.78, 5) is 15.6. The van der Waals surface area contributed by atoms with E-state index in [-0.39, 0.29) is 30.5 Å². The molecule has 6 nitrogen and oxygen atoms in total. The number of fused-ring (bicyclic) bond motifs is 1. The predicted octanol–water partition coefficient (Wildman–Crippen LogP) is 3.37. The van der Waals surface area contributed by atoms with E-state index in [2.05, 4.69) is 25.9 Å². The average Bonchev–Trinajstić information content (AvgIpc) is 3.11. The van der Waals surface area contributed by atoms with Crippen molar-refractivity contribution in [2.45, 2.75) is 77.9 Å². The minimum Gasteiger partial charge on any atom is -0.481 e. The van der Waals surface area contributed by atoms with Gasteiger partial charge in [0.1, 0.15) is 6.61 Å². The van der Waals surface area contributed by atoms with Gasteiger partial charge in [0.2, 0.25) is 0 Å². The number of unbranched alkanes of at least 4 members (excludes halogenated alkanes) is 1. The molecule has 5 atom stereocenters. The molecule has 6 heteroatoms. The first kappa shape index (κ1) is 21.9. The number of aliphatic carboxylic acids is 1. The van der Waals surface area contributed by atoms with Gasteiger partial charge in [0.15, 0.2) is 0 Å². The second kappa shape index (κ2) is 9.69. The molecule has 0 aromatic carbocycles. The fourth-order valence-electron chi connectivity index (χ4n) is 4.33. The normalized spacial score (nSPS) is 30.8. The summed E-state index contributed by atoms with van der Waals surface area (Å²) in [7, 11) is 0. The van der Waals surface area contributed by atoms with Crippen LogP contribution in [0.3, 0.4) is 0 Å². The van der Waals surface area contributed by atoms with E-state index in [0.717, 1.165) is 44.2 Å². The van der Waals surface area contributed by atoms with Crippen molar-refractivity contribution in [3.05, 3.63) is 12.2 Å². The van der Waals surface area contributed by atoms with Crippen molar-refractivity contribution >= 4 is 11.7 Å². The van der Waals surface area contributed by atoms with Crippen LogP contribution in [0.4, 0.5) is 0 Å². The van der Waals surface area contributed by atoms with Crippen LogP contribution in [-0.2, 0) is 9.63 Å². The smallest absolute Gasteiger partial charge is 0.306 e. The van der Waals surface area contributed by atoms with Crippen molar-refractivity contribution in [1.82, 2.24) is 0 Å². The molecule has 0 spiro atoms. The number of carbonyl (C=O) groups is 1. The molecule has 3 N–H and O–H groups in total. The summed E-state index contributed by atoms with van der Waals surface area (Å²) in [6.45, 7) is 6.40. The van der Waals surface area contributed by atoms with E-state index in [4.69, 9.17) is 9.94 Å². The molecular weight excluding hydrogens is 346 g/mol. The number of aliphatic hydroxyl groups excluding tert-OH is 2. The van der Waals surface area contributed by atoms with Gasteiger partial charge >= 0.3 is 5.97 Å². The Hall–Kier alpha value is -1.40. The molecule has 0 amide bonds. The van der Waals surface area contributed by atoms with Gasteiger partial charge in [-0.2, -0.15) is 0 Å². The van der Waals surface area contributed by atoms with Gasteiger partial charge in [0, 0.05) is 5.92 Å². The number of carboxylic acids is 1. The minimum atomic E-state index is -0.896. The van der Waals surface area contributed by atoms with Gasteiger partial charge in [-0.25, -0.2) is 0 Å². The maximum Gasteiger partial charge on any atom is 0.306 e. The summed E-state index contributed by atoms with van der Waals surface area (Å²) in [5.74, 6) is -0.184. The van der Waals surface area contributed by atoms with Gasteiger partial charge < -0.3 is 20.2 Å². The van der Waals surface area contributed by atoms with Gasteiger partial charge in [0.25, 0.3) is 0 Å². The Morgan fingerprint density at radius 2 is 2.15 bits per heavy atom. The Morgan fingerprint density at radius 3 is 2.81 bits per heavy atom. The second-order valence-corrected chi connectivity index (χ2v) is 8.77. The molecule has 2 saturated carbocycles. The molecule has 2 aliphatic carbocycles. The maximum absolute atomic E-state index is 10.6. The highest BCUT2D eigenvalue weighted by molar-refractivity contribution is 5.86. The van der Waals surface area contributed by atoms with Gasteiger partial charge in [-0.1, -0.05) is 50.9 Å². The molecule has 0 aliphatic heterocycles. The number of nitrogens with zero attached hydrogens (tertiary/aromatic N) is 1. The second-order valence-electron chi connectivity index (χ2n) is 8.77. The third kappa shape index (κ3) is 6.04. The zero-order valence-electron chi connectivity index (χ0n) is 16.8. The molecule has 0 radical (unpaired) electrons. The summed E-state index contributed by atoms with van der Waals surface area (Å²) in [6.07, 6.45) is 8.38. The Morgan fingerprint density at radius 1 is 1.41 bits per heavy atom. The zero-order valence-corrected chi connectivity index (χ0v) is 16.8. The zero-order chi connectivity index (χ0) is 20.0. The first-order valence-corrected chi connectivity index (χ1v) is 10.2. The van der Waals surface area contributed by atoms with Crippen molar-refractivity contribution in [1.29, 1.82) is 0 Å². The highest BCUT2D eigenvalue weighted by Crippen LogP contribution is 2.47. The number of rotatable bonds is 10. The summed E-state index contributed by atoms with van der Waals surface area (Å²) in [5, 5.41) is 33.7. The topological polar surface area (TPSA) is 99.4 Å². The molecule has 27 heavy (non-hydrogen) atoms. The largest absolute Gasteiger partial charge is 0.481 e. The molecule has 154 valence electrons. The standard InChI is InChI=1S/C21H35NO5/c1-4-5-9-21(2,3)19(24)7-6-16-17-13-15(11-14(17)12-18(16)23)22-27-10-8-20(25)26/h6-7,14,16-19,23-24H,4-5,8-13H2,1-3H3,(H,25,26)/t14-,16-,17+,18-,19?/m0/s1. The van der Waals surface area contributed by atoms with Crippen LogP contribution in [0.5, 0.6) is 0 Å². The lowest BCUT2D eigenvalue weighted by molar-refractivity contribution is -0.138. The number of hydrogen-bond donors (Lipinski definition) is 3. The molecule has 0 bridgehead atoms. The van der Waals surface area contributed by atoms with Crippen LogP contribution in [0, 0.1) is 23.2 Å². The molecule has 0 heterocycles. The van der Waals surface area contributed by atoms with Crippen LogP contribution in [0.15, 0.2) is 17.3 Å². The summed E-state index contributed by atoms with van der Waals surface area (Å²) < 4.78 is 0. The van der Waals surface area contributed by atoms with E-state index in [1.807, 2.05) is 12.2 Å². The quantitative estimate of drug-likeness (QED) is 0.306. The molecule has 2 aliphatic rings. The first-order chi connectivity index (χ1) is 12.7. The van der Waals surface area contributed by atoms with Crippen LogP contribution in [-0.4, -0.2) is 45.8 Å². The van der Waals surface area contributed by atoms with Crippen molar-refractivity contribution in [2.24, 2.45) is 28.3 Å². The van der Waals surface area contributed by atoms with Gasteiger partial charge in [-0.15, -0.1) is 0 Å². The van der Waals surface area contributed by atoms with E-state index in [1.165, 1.54) is 0 Å². The van der Waals surface area contributed by atoms with E-state index in [1.54, 1.807) is 0 Å². The highest BCUT2D eigenvalue weighted by atomic mass is 16.6. The number of oxime groups is 1. The van der Waals surface area contributed by atoms with E-state index < -0.39 is 12.1 Å². The minimum absolute atomic E-state index is 0.0262. The van der Waals surface area contributed by atoms with E-state index >= 15 is 0 Å². The molecule has 0 saturated heterocycles.